The average Bonchev–Trinajstić information content (AvgIpc) is 0.692. The van der Waals surface area contributed by atoms with Crippen LogP contribution in [0.5, 0.6) is 0 Å². The Morgan fingerprint density at radius 3 is 0.919 bits per heavy atom. The van der Waals surface area contributed by atoms with Gasteiger partial charge in [0.25, 0.3) is 6.71 Å². The number of nitrogens with zero attached hydrogens (tertiary/aromatic N) is 4. The Hall–Kier alpha value is -9.32. The SMILES string of the molecule is CC(C)(C)c1ccc(N(c2ccc(C(C)(C)C)cc2)c2ccc3c(c2)N(c2cc(C(C)(C)C)cc(C(C)(C)C)c2)c2cc(-c4ccccc4)cc4c2B3c2ccc(N(c3ccc(C(C)(C)C)cc3)c3ccccc3-c3ccccc3)cc2N4c2cc(C(C)(C)C)cc(C(C)(C)C)c2)cc1. The topological polar surface area (TPSA) is 13.0 Å². The van der Waals surface area contributed by atoms with Crippen LogP contribution in [0.3, 0.4) is 0 Å². The van der Waals surface area contributed by atoms with Gasteiger partial charge in [-0.1, -0.05) is 285 Å². The van der Waals surface area contributed by atoms with Gasteiger partial charge < -0.3 is 19.6 Å². The van der Waals surface area contributed by atoms with Gasteiger partial charge in [-0.3, -0.25) is 0 Å². The van der Waals surface area contributed by atoms with Crippen LogP contribution in [-0.2, 0) is 37.9 Å². The van der Waals surface area contributed by atoms with Crippen LogP contribution in [0.4, 0.5) is 68.2 Å². The summed E-state index contributed by atoms with van der Waals surface area (Å²) < 4.78 is 0. The average molecular weight is 1300 g/mol. The molecule has 13 rings (SSSR count). The van der Waals surface area contributed by atoms with Crippen LogP contribution >= 0.6 is 0 Å². The summed E-state index contributed by atoms with van der Waals surface area (Å²) in [6, 6.07) is 93.8. The number of rotatable bonds is 10. The Bertz CT molecular complexity index is 4680. The molecule has 11 aromatic carbocycles. The maximum absolute atomic E-state index is 2.67. The lowest BCUT2D eigenvalue weighted by Crippen LogP contribution is -2.61. The molecule has 11 aromatic rings. The van der Waals surface area contributed by atoms with E-state index in [1.807, 2.05) is 0 Å². The molecule has 0 aromatic heterocycles. The number of anilines is 12. The first-order valence-electron chi connectivity index (χ1n) is 36.0. The first kappa shape index (κ1) is 68.2. The Morgan fingerprint density at radius 1 is 0.242 bits per heavy atom. The zero-order valence-electron chi connectivity index (χ0n) is 63.0. The van der Waals surface area contributed by atoms with Crippen LogP contribution in [-0.4, -0.2) is 6.71 Å². The van der Waals surface area contributed by atoms with Crippen molar-refractivity contribution in [1.82, 2.24) is 0 Å². The molecule has 2 aliphatic heterocycles. The second kappa shape index (κ2) is 24.8. The largest absolute Gasteiger partial charge is 0.311 e. The Kier molecular flexibility index (Phi) is 17.1. The molecule has 2 aliphatic rings. The minimum atomic E-state index is -0.192. The van der Waals surface area contributed by atoms with Crippen molar-refractivity contribution in [2.24, 2.45) is 0 Å². The highest BCUT2D eigenvalue weighted by atomic mass is 15.2. The Balaban J connectivity index is 1.17. The van der Waals surface area contributed by atoms with E-state index in [9.17, 15) is 0 Å². The molecule has 0 saturated carbocycles. The van der Waals surface area contributed by atoms with Gasteiger partial charge in [-0.15, -0.1) is 0 Å². The molecule has 2 heterocycles. The molecule has 0 fully saturated rings. The fraction of sp³-hybridized carbons (Fsp3) is 0.298. The summed E-state index contributed by atoms with van der Waals surface area (Å²) in [5.74, 6) is 0. The summed E-state index contributed by atoms with van der Waals surface area (Å²) in [6.45, 7) is 48.9. The third-order valence-electron chi connectivity index (χ3n) is 20.7. The molecule has 0 N–H and O–H groups in total. The monoisotopic (exact) mass is 1300 g/mol. The molecule has 0 radical (unpaired) electrons. The van der Waals surface area contributed by atoms with Crippen LogP contribution in [0.15, 0.2) is 243 Å². The molecule has 0 aliphatic carbocycles. The second-order valence-electron chi connectivity index (χ2n) is 35.4. The quantitative estimate of drug-likeness (QED) is 0.127. The van der Waals surface area contributed by atoms with E-state index >= 15 is 0 Å². The number of hydrogen-bond acceptors (Lipinski definition) is 4. The van der Waals surface area contributed by atoms with Gasteiger partial charge in [-0.25, -0.2) is 0 Å². The van der Waals surface area contributed by atoms with Crippen LogP contribution in [0.2, 0.25) is 0 Å². The van der Waals surface area contributed by atoms with Crippen molar-refractivity contribution in [3.63, 3.8) is 0 Å². The zero-order chi connectivity index (χ0) is 70.7. The number of para-hydroxylation sites is 1. The molecule has 0 spiro atoms. The minimum absolute atomic E-state index is 0.0120. The van der Waals surface area contributed by atoms with E-state index in [4.69, 9.17) is 0 Å². The van der Waals surface area contributed by atoms with E-state index in [-0.39, 0.29) is 44.6 Å². The van der Waals surface area contributed by atoms with Crippen LogP contribution in [0.25, 0.3) is 22.3 Å². The second-order valence-corrected chi connectivity index (χ2v) is 35.4. The van der Waals surface area contributed by atoms with Crippen molar-refractivity contribution < 1.29 is 0 Å². The van der Waals surface area contributed by atoms with E-state index in [0.29, 0.717) is 0 Å². The summed E-state index contributed by atoms with van der Waals surface area (Å²) in [5, 5.41) is 0. The molecule has 4 nitrogen and oxygen atoms in total. The number of fused-ring (bicyclic) bond motifs is 4. The number of hydrogen-bond donors (Lipinski definition) is 0. The summed E-state index contributed by atoms with van der Waals surface area (Å²) in [6.07, 6.45) is 0. The van der Waals surface area contributed by atoms with Gasteiger partial charge in [0.1, 0.15) is 0 Å². The van der Waals surface area contributed by atoms with Gasteiger partial charge in [0.2, 0.25) is 0 Å². The maximum Gasteiger partial charge on any atom is 0.252 e. The van der Waals surface area contributed by atoms with Gasteiger partial charge in [0, 0.05) is 68.1 Å². The summed E-state index contributed by atoms with van der Waals surface area (Å²) >= 11 is 0. The van der Waals surface area contributed by atoms with Gasteiger partial charge in [-0.2, -0.15) is 0 Å². The summed E-state index contributed by atoms with van der Waals surface area (Å²) in [5.41, 5.74) is 30.4. The molecular weight excluding hydrogens is 1200 g/mol. The highest BCUT2D eigenvalue weighted by Crippen LogP contribution is 2.52. The van der Waals surface area contributed by atoms with Crippen LogP contribution < -0.4 is 36.0 Å². The predicted octanol–water partition coefficient (Wildman–Crippen LogP) is 25.1. The van der Waals surface area contributed by atoms with Crippen LogP contribution in [0.1, 0.15) is 184 Å². The lowest BCUT2D eigenvalue weighted by molar-refractivity contribution is 0.568. The third-order valence-corrected chi connectivity index (χ3v) is 20.7. The Labute approximate surface area is 594 Å². The smallest absolute Gasteiger partial charge is 0.252 e. The van der Waals surface area contributed by atoms with Gasteiger partial charge in [-0.05, 0) is 213 Å². The maximum atomic E-state index is 2.67. The minimum Gasteiger partial charge on any atom is -0.311 e. The zero-order valence-corrected chi connectivity index (χ0v) is 63.0. The van der Waals surface area contributed by atoms with Gasteiger partial charge >= 0.3 is 0 Å². The third kappa shape index (κ3) is 13.3. The van der Waals surface area contributed by atoms with E-state index < -0.39 is 0 Å². The fourth-order valence-corrected chi connectivity index (χ4v) is 14.5. The Morgan fingerprint density at radius 2 is 0.556 bits per heavy atom. The van der Waals surface area contributed by atoms with E-state index in [1.165, 1.54) is 72.3 Å². The molecule has 502 valence electrons. The fourth-order valence-electron chi connectivity index (χ4n) is 14.5. The molecule has 0 atom stereocenters. The first-order valence-corrected chi connectivity index (χ1v) is 36.0. The molecule has 5 heteroatoms. The molecule has 0 unspecified atom stereocenters. The van der Waals surface area contributed by atoms with Gasteiger partial charge in [0.05, 0.1) is 5.69 Å². The lowest BCUT2D eigenvalue weighted by Gasteiger charge is -2.45. The highest BCUT2D eigenvalue weighted by Gasteiger charge is 2.45. The summed E-state index contributed by atoms with van der Waals surface area (Å²) in [4.78, 5) is 10.3. The molecule has 0 bridgehead atoms. The van der Waals surface area contributed by atoms with Crippen molar-refractivity contribution in [3.8, 4) is 22.3 Å². The van der Waals surface area contributed by atoms with Crippen LogP contribution in [0, 0.1) is 0 Å². The molecule has 0 amide bonds. The molecule has 0 saturated heterocycles. The van der Waals surface area contributed by atoms with E-state index in [1.54, 1.807) is 0 Å². The molecule has 99 heavy (non-hydrogen) atoms. The molecular formula is C94H103BN4. The van der Waals surface area contributed by atoms with Crippen molar-refractivity contribution in [3.05, 3.63) is 282 Å². The normalized spacial score (nSPS) is 13.4. The van der Waals surface area contributed by atoms with Crippen molar-refractivity contribution in [2.45, 2.75) is 183 Å². The first-order chi connectivity index (χ1) is 46.5. The number of benzene rings is 11. The van der Waals surface area contributed by atoms with E-state index in [0.717, 1.165) is 73.6 Å². The van der Waals surface area contributed by atoms with Gasteiger partial charge in [0.15, 0.2) is 0 Å². The van der Waals surface area contributed by atoms with Crippen molar-refractivity contribution in [2.75, 3.05) is 19.6 Å². The van der Waals surface area contributed by atoms with E-state index in [2.05, 4.69) is 408 Å². The highest BCUT2D eigenvalue weighted by molar-refractivity contribution is 7.00. The van der Waals surface area contributed by atoms with Crippen molar-refractivity contribution in [1.29, 1.82) is 0 Å². The van der Waals surface area contributed by atoms with Crippen molar-refractivity contribution >= 4 is 91.3 Å². The standard InChI is InChI=1S/C94H103BN4/c1-88(2,3)65-36-42-72(43-37-65)96(73-44-38-66(39-45-73)89(4,5)6)75-48-50-80-83(60-75)98(77-56-68(91(10,11)12)54-69(57-77)92(13,14)15)85-52-64(62-30-24-22-25-31-62)53-86-87(85)95(80)81-51-49-76(61-84(81)99(86)78-58-70(93(16,17)18)55-71(59-78)94(19,20)21)97(74-46-40-67(41-47-74)90(7,8)9)82-35-29-28-34-79(82)63-32-26-23-27-33-63/h22-61H,1-21H3. The predicted molar refractivity (Wildman–Crippen MR) is 432 cm³/mol. The lowest BCUT2D eigenvalue weighted by atomic mass is 9.33. The summed E-state index contributed by atoms with van der Waals surface area (Å²) in [7, 11) is 0.